The lowest BCUT2D eigenvalue weighted by Gasteiger charge is -2.03. The fourth-order valence-electron chi connectivity index (χ4n) is 1.34. The second-order valence-corrected chi connectivity index (χ2v) is 4.47. The molecule has 0 aliphatic rings. The zero-order valence-corrected chi connectivity index (χ0v) is 10.8. The highest BCUT2D eigenvalue weighted by Gasteiger charge is 2.03. The highest BCUT2D eigenvalue weighted by Crippen LogP contribution is 2.09. The van der Waals surface area contributed by atoms with Crippen LogP contribution in [0.3, 0.4) is 0 Å². The predicted molar refractivity (Wildman–Crippen MR) is 66.0 cm³/mol. The second-order valence-electron chi connectivity index (χ2n) is 3.22. The molecule has 2 aromatic heterocycles. The van der Waals surface area contributed by atoms with Gasteiger partial charge in [0.25, 0.3) is 0 Å². The molecule has 4 nitrogen and oxygen atoms in total. The number of hydrogen-bond donors (Lipinski definition) is 0. The lowest BCUT2D eigenvalue weighted by molar-refractivity contribution is 0.814. The van der Waals surface area contributed by atoms with Gasteiger partial charge in [-0.1, -0.05) is 6.92 Å². The molecule has 0 atom stereocenters. The zero-order valence-electron chi connectivity index (χ0n) is 8.61. The van der Waals surface area contributed by atoms with E-state index in [4.69, 9.17) is 0 Å². The first-order chi connectivity index (χ1) is 7.19. The number of aromatic nitrogens is 4. The molecule has 2 aromatic rings. The van der Waals surface area contributed by atoms with Crippen LogP contribution in [0.1, 0.15) is 18.4 Å². The van der Waals surface area contributed by atoms with Crippen LogP contribution >= 0.6 is 22.6 Å². The van der Waals surface area contributed by atoms with Crippen LogP contribution in [0.2, 0.25) is 0 Å². The first-order valence-corrected chi connectivity index (χ1v) is 5.82. The molecule has 0 amide bonds. The Kier molecular flexibility index (Phi) is 2.99. The van der Waals surface area contributed by atoms with Crippen molar-refractivity contribution in [3.8, 4) is 5.82 Å². The quantitative estimate of drug-likeness (QED) is 0.798. The highest BCUT2D eigenvalue weighted by molar-refractivity contribution is 14.1. The summed E-state index contributed by atoms with van der Waals surface area (Å²) in [7, 11) is 0. The van der Waals surface area contributed by atoms with E-state index in [1.54, 1.807) is 4.68 Å². The number of halogens is 1. The van der Waals surface area contributed by atoms with Crippen LogP contribution in [-0.4, -0.2) is 19.7 Å². The smallest absolute Gasteiger partial charge is 0.157 e. The van der Waals surface area contributed by atoms with Crippen molar-refractivity contribution in [1.29, 1.82) is 0 Å². The monoisotopic (exact) mass is 314 g/mol. The molecule has 0 aliphatic carbocycles. The lowest BCUT2D eigenvalue weighted by Crippen LogP contribution is -2.03. The van der Waals surface area contributed by atoms with Crippen LogP contribution in [-0.2, 0) is 6.42 Å². The summed E-state index contributed by atoms with van der Waals surface area (Å²) in [5.74, 6) is 1.62. The van der Waals surface area contributed by atoms with Gasteiger partial charge in [0.05, 0.1) is 9.77 Å². The third-order valence-corrected chi connectivity index (χ3v) is 2.58. The molecule has 0 radical (unpaired) electrons. The Morgan fingerprint density at radius 3 is 2.80 bits per heavy atom. The van der Waals surface area contributed by atoms with Gasteiger partial charge in [0.1, 0.15) is 5.82 Å². The SMILES string of the molecule is CCc1cc(-n2cc(I)cn2)nc(C)n1. The van der Waals surface area contributed by atoms with E-state index in [0.29, 0.717) is 0 Å². The number of nitrogens with zero attached hydrogens (tertiary/aromatic N) is 4. The Morgan fingerprint density at radius 2 is 2.20 bits per heavy atom. The summed E-state index contributed by atoms with van der Waals surface area (Å²) in [6.07, 6.45) is 4.67. The van der Waals surface area contributed by atoms with Crippen molar-refractivity contribution in [2.45, 2.75) is 20.3 Å². The molecule has 0 N–H and O–H groups in total. The summed E-state index contributed by atoms with van der Waals surface area (Å²) < 4.78 is 2.87. The molecule has 0 saturated carbocycles. The molecule has 0 aliphatic heterocycles. The Labute approximate surface area is 102 Å². The van der Waals surface area contributed by atoms with Gasteiger partial charge in [-0.3, -0.25) is 0 Å². The Balaban J connectivity index is 2.48. The van der Waals surface area contributed by atoms with E-state index in [0.717, 1.165) is 27.3 Å². The molecule has 0 bridgehead atoms. The molecule has 2 heterocycles. The van der Waals surface area contributed by atoms with Crippen molar-refractivity contribution in [2.75, 3.05) is 0 Å². The maximum atomic E-state index is 4.35. The normalized spacial score (nSPS) is 10.6. The summed E-state index contributed by atoms with van der Waals surface area (Å²) in [6.45, 7) is 3.98. The average molecular weight is 314 g/mol. The van der Waals surface area contributed by atoms with Crippen LogP contribution in [0.15, 0.2) is 18.5 Å². The van der Waals surface area contributed by atoms with E-state index in [-0.39, 0.29) is 0 Å². The zero-order chi connectivity index (χ0) is 10.8. The summed E-state index contributed by atoms with van der Waals surface area (Å²) in [6, 6.07) is 1.97. The summed E-state index contributed by atoms with van der Waals surface area (Å²) in [5.41, 5.74) is 1.04. The standard InChI is InChI=1S/C10H11IN4/c1-3-9-4-10(14-7(2)13-9)15-6-8(11)5-12-15/h4-6H,3H2,1-2H3. The molecule has 0 fully saturated rings. The average Bonchev–Trinajstić information content (AvgIpc) is 2.64. The molecular weight excluding hydrogens is 303 g/mol. The molecular formula is C10H11IN4. The molecule has 0 aromatic carbocycles. The van der Waals surface area contributed by atoms with Crippen molar-refractivity contribution in [3.05, 3.63) is 33.5 Å². The predicted octanol–water partition coefficient (Wildman–Crippen LogP) is 2.14. The highest BCUT2D eigenvalue weighted by atomic mass is 127. The van der Waals surface area contributed by atoms with E-state index in [1.807, 2.05) is 25.4 Å². The third-order valence-electron chi connectivity index (χ3n) is 2.03. The van der Waals surface area contributed by atoms with E-state index in [9.17, 15) is 0 Å². The van der Waals surface area contributed by atoms with Crippen LogP contribution in [0, 0.1) is 10.5 Å². The van der Waals surface area contributed by atoms with E-state index < -0.39 is 0 Å². The van der Waals surface area contributed by atoms with Crippen molar-refractivity contribution in [2.24, 2.45) is 0 Å². The summed E-state index contributed by atoms with van der Waals surface area (Å²) in [4.78, 5) is 8.68. The van der Waals surface area contributed by atoms with E-state index >= 15 is 0 Å². The minimum Gasteiger partial charge on any atom is -0.238 e. The van der Waals surface area contributed by atoms with Crippen LogP contribution < -0.4 is 0 Å². The minimum atomic E-state index is 0.787. The Hall–Kier alpha value is -0.980. The molecule has 2 rings (SSSR count). The summed E-state index contributed by atoms with van der Waals surface area (Å²) in [5, 5.41) is 4.22. The van der Waals surface area contributed by atoms with Crippen LogP contribution in [0.25, 0.3) is 5.82 Å². The van der Waals surface area contributed by atoms with Gasteiger partial charge >= 0.3 is 0 Å². The van der Waals surface area contributed by atoms with Crippen LogP contribution in [0.5, 0.6) is 0 Å². The van der Waals surface area contributed by atoms with Gasteiger partial charge in [-0.2, -0.15) is 5.10 Å². The van der Waals surface area contributed by atoms with Gasteiger partial charge < -0.3 is 0 Å². The number of hydrogen-bond acceptors (Lipinski definition) is 3. The Bertz CT molecular complexity index is 478. The minimum absolute atomic E-state index is 0.787. The van der Waals surface area contributed by atoms with E-state index in [1.165, 1.54) is 0 Å². The van der Waals surface area contributed by atoms with Crippen molar-refractivity contribution in [3.63, 3.8) is 0 Å². The molecule has 0 unspecified atom stereocenters. The lowest BCUT2D eigenvalue weighted by atomic mass is 10.3. The van der Waals surface area contributed by atoms with E-state index in [2.05, 4.69) is 44.6 Å². The number of rotatable bonds is 2. The fourth-order valence-corrected chi connectivity index (χ4v) is 1.73. The molecule has 5 heteroatoms. The summed E-state index contributed by atoms with van der Waals surface area (Å²) >= 11 is 2.23. The van der Waals surface area contributed by atoms with Gasteiger partial charge in [-0.05, 0) is 35.9 Å². The Morgan fingerprint density at radius 1 is 1.40 bits per heavy atom. The largest absolute Gasteiger partial charge is 0.238 e. The van der Waals surface area contributed by atoms with Gasteiger partial charge in [-0.15, -0.1) is 0 Å². The van der Waals surface area contributed by atoms with Crippen molar-refractivity contribution in [1.82, 2.24) is 19.7 Å². The van der Waals surface area contributed by atoms with Gasteiger partial charge in [-0.25, -0.2) is 14.6 Å². The van der Waals surface area contributed by atoms with Crippen molar-refractivity contribution < 1.29 is 0 Å². The molecule has 15 heavy (non-hydrogen) atoms. The molecule has 78 valence electrons. The van der Waals surface area contributed by atoms with Gasteiger partial charge in [0.2, 0.25) is 0 Å². The van der Waals surface area contributed by atoms with Gasteiger partial charge in [0.15, 0.2) is 5.82 Å². The maximum Gasteiger partial charge on any atom is 0.157 e. The van der Waals surface area contributed by atoms with Crippen LogP contribution in [0.4, 0.5) is 0 Å². The second kappa shape index (κ2) is 4.26. The first kappa shape index (κ1) is 10.5. The maximum absolute atomic E-state index is 4.35. The topological polar surface area (TPSA) is 43.6 Å². The molecule has 0 saturated heterocycles. The molecule has 0 spiro atoms. The first-order valence-electron chi connectivity index (χ1n) is 4.74. The third kappa shape index (κ3) is 2.34. The number of aryl methyl sites for hydroxylation is 2. The van der Waals surface area contributed by atoms with Crippen molar-refractivity contribution >= 4 is 22.6 Å². The fraction of sp³-hybridized carbons (Fsp3) is 0.300. The van der Waals surface area contributed by atoms with Gasteiger partial charge in [0, 0.05) is 18.0 Å².